The highest BCUT2D eigenvalue weighted by molar-refractivity contribution is 9.10. The van der Waals surface area contributed by atoms with Gasteiger partial charge in [-0.3, -0.25) is 4.57 Å². The van der Waals surface area contributed by atoms with Crippen LogP contribution in [0.5, 0.6) is 17.2 Å². The first kappa shape index (κ1) is 19.8. The summed E-state index contributed by atoms with van der Waals surface area (Å²) in [6.07, 6.45) is 3.26. The van der Waals surface area contributed by atoms with Crippen molar-refractivity contribution < 1.29 is 42.7 Å². The van der Waals surface area contributed by atoms with E-state index in [0.717, 1.165) is 39.2 Å². The van der Waals surface area contributed by atoms with E-state index in [9.17, 15) is 0 Å². The van der Waals surface area contributed by atoms with Gasteiger partial charge >= 0.3 is 0 Å². The third kappa shape index (κ3) is 2.90. The molecule has 3 heterocycles. The highest BCUT2D eigenvalue weighted by atomic mass is 127. The number of likely N-dealkylation sites (N-methyl/N-ethyl adjacent to an activating group) is 1. The molecule has 1 aromatic heterocycles. The second kappa shape index (κ2) is 7.11. The minimum atomic E-state index is 0. The molecule has 5 rings (SSSR count). The summed E-state index contributed by atoms with van der Waals surface area (Å²) >= 11 is 3.58. The number of quaternary nitrogens is 1. The third-order valence-electron chi connectivity index (χ3n) is 5.77. The highest BCUT2D eigenvalue weighted by Crippen LogP contribution is 2.51. The number of rotatable bonds is 2. The Labute approximate surface area is 189 Å². The molecular weight excluding hydrogens is 535 g/mol. The average Bonchev–Trinajstić information content (AvgIpc) is 3.26. The third-order valence-corrected chi connectivity index (χ3v) is 6.26. The van der Waals surface area contributed by atoms with Crippen molar-refractivity contribution in [3.05, 3.63) is 52.1 Å². The summed E-state index contributed by atoms with van der Waals surface area (Å²) in [7, 11) is 6.28. The largest absolute Gasteiger partial charge is 1.00 e. The van der Waals surface area contributed by atoms with E-state index < -0.39 is 0 Å². The molecule has 0 aliphatic carbocycles. The van der Waals surface area contributed by atoms with E-state index >= 15 is 0 Å². The molecule has 2 aliphatic rings. The van der Waals surface area contributed by atoms with Crippen LogP contribution in [0.2, 0.25) is 0 Å². The lowest BCUT2D eigenvalue weighted by molar-refractivity contribution is -0.926. The van der Waals surface area contributed by atoms with Crippen LogP contribution < -0.4 is 38.2 Å². The number of fused-ring (bicyclic) bond motifs is 3. The molecule has 0 saturated heterocycles. The topological polar surface area (TPSA) is 32.6 Å². The normalized spacial score (nSPS) is 19.2. The van der Waals surface area contributed by atoms with Crippen LogP contribution in [0, 0.1) is 0 Å². The number of ether oxygens (including phenoxy) is 3. The molecule has 28 heavy (non-hydrogen) atoms. The van der Waals surface area contributed by atoms with Crippen LogP contribution in [-0.4, -0.2) is 43.6 Å². The van der Waals surface area contributed by atoms with Crippen LogP contribution in [-0.2, 0) is 6.42 Å². The van der Waals surface area contributed by atoms with Gasteiger partial charge in [0.05, 0.1) is 38.8 Å². The van der Waals surface area contributed by atoms with Crippen molar-refractivity contribution in [2.75, 3.05) is 34.5 Å². The molecule has 1 atom stereocenters. The molecular formula is C21H22BrIN2O3. The van der Waals surface area contributed by atoms with E-state index in [2.05, 4.69) is 71.1 Å². The number of methoxy groups -OCH3 is 1. The van der Waals surface area contributed by atoms with Crippen molar-refractivity contribution >= 4 is 26.8 Å². The minimum absolute atomic E-state index is 0. The van der Waals surface area contributed by atoms with Gasteiger partial charge in [0.15, 0.2) is 17.7 Å². The molecule has 2 aromatic carbocycles. The van der Waals surface area contributed by atoms with Crippen LogP contribution in [0.4, 0.5) is 0 Å². The predicted molar refractivity (Wildman–Crippen MR) is 108 cm³/mol. The van der Waals surface area contributed by atoms with E-state index in [1.165, 1.54) is 22.0 Å². The maximum Gasteiger partial charge on any atom is 0.231 e. The zero-order chi connectivity index (χ0) is 18.8. The molecule has 0 N–H and O–H groups in total. The van der Waals surface area contributed by atoms with Crippen molar-refractivity contribution in [2.24, 2.45) is 0 Å². The average molecular weight is 557 g/mol. The van der Waals surface area contributed by atoms with E-state index in [0.29, 0.717) is 0 Å². The molecule has 5 nitrogen and oxygen atoms in total. The lowest BCUT2D eigenvalue weighted by Crippen LogP contribution is -3.00. The molecule has 0 amide bonds. The lowest BCUT2D eigenvalue weighted by atomic mass is 9.93. The number of hydrogen-bond acceptors (Lipinski definition) is 3. The molecule has 7 heteroatoms. The smallest absolute Gasteiger partial charge is 0.231 e. The van der Waals surface area contributed by atoms with Crippen LogP contribution in [0.15, 0.2) is 41.0 Å². The molecule has 148 valence electrons. The Kier molecular flexibility index (Phi) is 5.04. The van der Waals surface area contributed by atoms with Gasteiger partial charge in [-0.1, -0.05) is 15.9 Å². The summed E-state index contributed by atoms with van der Waals surface area (Å²) in [5, 5.41) is 1.22. The summed E-state index contributed by atoms with van der Waals surface area (Å²) in [5.41, 5.74) is 3.68. The van der Waals surface area contributed by atoms with E-state index in [-0.39, 0.29) is 36.9 Å². The summed E-state index contributed by atoms with van der Waals surface area (Å²) in [6, 6.07) is 10.7. The summed E-state index contributed by atoms with van der Waals surface area (Å²) < 4.78 is 21.6. The zero-order valence-electron chi connectivity index (χ0n) is 16.0. The molecule has 3 aromatic rings. The van der Waals surface area contributed by atoms with Crippen LogP contribution in [0.25, 0.3) is 10.9 Å². The van der Waals surface area contributed by atoms with Crippen LogP contribution in [0.3, 0.4) is 0 Å². The van der Waals surface area contributed by atoms with Gasteiger partial charge in [-0.15, -0.1) is 0 Å². The van der Waals surface area contributed by atoms with E-state index in [4.69, 9.17) is 14.2 Å². The van der Waals surface area contributed by atoms with Gasteiger partial charge in [0, 0.05) is 22.5 Å². The number of halogens is 2. The summed E-state index contributed by atoms with van der Waals surface area (Å²) in [6.45, 7) is 1.29. The van der Waals surface area contributed by atoms with Gasteiger partial charge in [0.1, 0.15) is 0 Å². The van der Waals surface area contributed by atoms with Crippen molar-refractivity contribution in [1.29, 1.82) is 0 Å². The maximum atomic E-state index is 5.87. The molecule has 0 bridgehead atoms. The molecule has 1 unspecified atom stereocenters. The zero-order valence-corrected chi connectivity index (χ0v) is 19.8. The Morgan fingerprint density at radius 2 is 2.00 bits per heavy atom. The second-order valence-corrected chi connectivity index (χ2v) is 8.68. The Bertz CT molecular complexity index is 1060. The van der Waals surface area contributed by atoms with Gasteiger partial charge in [-0.25, -0.2) is 0 Å². The summed E-state index contributed by atoms with van der Waals surface area (Å²) in [4.78, 5) is 0. The number of aromatic nitrogens is 1. The van der Waals surface area contributed by atoms with Crippen molar-refractivity contribution in [3.63, 3.8) is 0 Å². The Morgan fingerprint density at radius 1 is 1.18 bits per heavy atom. The van der Waals surface area contributed by atoms with Crippen LogP contribution >= 0.6 is 15.9 Å². The van der Waals surface area contributed by atoms with E-state index in [1.54, 1.807) is 7.11 Å². The quantitative estimate of drug-likeness (QED) is 0.353. The van der Waals surface area contributed by atoms with E-state index in [1.807, 2.05) is 0 Å². The Hall–Kier alpha value is -1.45. The first-order valence-electron chi connectivity index (χ1n) is 9.08. The molecule has 0 fully saturated rings. The van der Waals surface area contributed by atoms with Crippen molar-refractivity contribution in [2.45, 2.75) is 12.6 Å². The summed E-state index contributed by atoms with van der Waals surface area (Å²) in [5.74, 6) is 2.31. The SMILES string of the molecule is COc1c2c(cc3c1C(n1ccc4cc(Br)ccc41)[N+](C)(C)CC3)OCO2.[I-]. The predicted octanol–water partition coefficient (Wildman–Crippen LogP) is 1.32. The minimum Gasteiger partial charge on any atom is -1.00 e. The lowest BCUT2D eigenvalue weighted by Gasteiger charge is -2.43. The molecule has 0 spiro atoms. The van der Waals surface area contributed by atoms with Crippen LogP contribution in [0.1, 0.15) is 17.3 Å². The molecule has 0 radical (unpaired) electrons. The van der Waals surface area contributed by atoms with Gasteiger partial charge in [-0.05, 0) is 35.9 Å². The fourth-order valence-electron chi connectivity index (χ4n) is 4.47. The Morgan fingerprint density at radius 3 is 2.79 bits per heavy atom. The maximum absolute atomic E-state index is 5.87. The fourth-order valence-corrected chi connectivity index (χ4v) is 4.85. The fraction of sp³-hybridized carbons (Fsp3) is 0.333. The van der Waals surface area contributed by atoms with Gasteiger partial charge in [-0.2, -0.15) is 0 Å². The first-order chi connectivity index (χ1) is 13.0. The van der Waals surface area contributed by atoms with Gasteiger partial charge in [0.25, 0.3) is 0 Å². The van der Waals surface area contributed by atoms with Crippen molar-refractivity contribution in [1.82, 2.24) is 4.57 Å². The first-order valence-corrected chi connectivity index (χ1v) is 9.87. The highest BCUT2D eigenvalue weighted by Gasteiger charge is 2.42. The van der Waals surface area contributed by atoms with Gasteiger partial charge in [0.2, 0.25) is 12.5 Å². The standard InChI is InChI=1S/C21H22BrN2O3.HI/c1-24(2)9-7-14-11-17-19(27-12-26-17)20(25-3)18(14)21(24)23-8-6-13-10-15(22)4-5-16(13)23;/h4-6,8,10-11,21H,7,9,12H2,1-3H3;1H/q+1;/p-1. The Balaban J connectivity index is 0.00000192. The number of nitrogens with zero attached hydrogens (tertiary/aromatic N) is 2. The number of hydrogen-bond donors (Lipinski definition) is 0. The number of benzene rings is 2. The second-order valence-electron chi connectivity index (χ2n) is 7.77. The van der Waals surface area contributed by atoms with Gasteiger partial charge < -0.3 is 42.7 Å². The monoisotopic (exact) mass is 556 g/mol. The van der Waals surface area contributed by atoms with Crippen molar-refractivity contribution in [3.8, 4) is 17.2 Å². The molecule has 0 saturated carbocycles. The molecule has 2 aliphatic heterocycles.